The lowest BCUT2D eigenvalue weighted by atomic mass is 9.86. The van der Waals surface area contributed by atoms with Crippen LogP contribution in [-0.2, 0) is 11.3 Å². The lowest BCUT2D eigenvalue weighted by molar-refractivity contribution is 0.179. The standard InChI is InChI=1S/C15H23NO3/c1-17-10-12-13(18-2)4-5-14(19-3)15(12)11-6-8-16-9-7-11/h4-5,11,16H,6-10H2,1-3H3. The number of piperidine rings is 1. The minimum atomic E-state index is 0.511. The van der Waals surface area contributed by atoms with Gasteiger partial charge in [-0.25, -0.2) is 0 Å². The first-order valence-corrected chi connectivity index (χ1v) is 6.75. The summed E-state index contributed by atoms with van der Waals surface area (Å²) in [4.78, 5) is 0. The summed E-state index contributed by atoms with van der Waals surface area (Å²) in [5.41, 5.74) is 2.38. The van der Waals surface area contributed by atoms with Crippen LogP contribution in [0.3, 0.4) is 0 Å². The molecule has 0 aliphatic carbocycles. The molecule has 19 heavy (non-hydrogen) atoms. The maximum Gasteiger partial charge on any atom is 0.124 e. The van der Waals surface area contributed by atoms with Gasteiger partial charge in [-0.3, -0.25) is 0 Å². The third-order valence-electron chi connectivity index (χ3n) is 3.75. The molecule has 0 saturated carbocycles. The van der Waals surface area contributed by atoms with Gasteiger partial charge in [0.2, 0.25) is 0 Å². The highest BCUT2D eigenvalue weighted by Crippen LogP contribution is 2.39. The van der Waals surface area contributed by atoms with Gasteiger partial charge < -0.3 is 19.5 Å². The van der Waals surface area contributed by atoms with Crippen molar-refractivity contribution in [1.29, 1.82) is 0 Å². The Morgan fingerprint density at radius 1 is 1.05 bits per heavy atom. The third-order valence-corrected chi connectivity index (χ3v) is 3.75. The Kier molecular flexibility index (Phi) is 5.05. The molecule has 1 heterocycles. The average Bonchev–Trinajstić information content (AvgIpc) is 2.48. The Bertz CT molecular complexity index is 414. The molecule has 0 aromatic heterocycles. The van der Waals surface area contributed by atoms with Gasteiger partial charge in [-0.2, -0.15) is 0 Å². The fourth-order valence-electron chi connectivity index (χ4n) is 2.84. The average molecular weight is 265 g/mol. The Morgan fingerprint density at radius 3 is 2.26 bits per heavy atom. The van der Waals surface area contributed by atoms with Crippen molar-refractivity contribution in [2.24, 2.45) is 0 Å². The van der Waals surface area contributed by atoms with E-state index in [0.29, 0.717) is 12.5 Å². The van der Waals surface area contributed by atoms with E-state index in [1.54, 1.807) is 21.3 Å². The molecule has 0 amide bonds. The van der Waals surface area contributed by atoms with Crippen LogP contribution >= 0.6 is 0 Å². The van der Waals surface area contributed by atoms with Crippen molar-refractivity contribution < 1.29 is 14.2 Å². The highest BCUT2D eigenvalue weighted by Gasteiger charge is 2.24. The summed E-state index contributed by atoms with van der Waals surface area (Å²) in [6, 6.07) is 3.95. The largest absolute Gasteiger partial charge is 0.496 e. The fraction of sp³-hybridized carbons (Fsp3) is 0.600. The zero-order valence-corrected chi connectivity index (χ0v) is 12.0. The molecule has 1 aliphatic heterocycles. The molecule has 106 valence electrons. The van der Waals surface area contributed by atoms with Gasteiger partial charge in [-0.1, -0.05) is 0 Å². The third kappa shape index (κ3) is 3.01. The zero-order chi connectivity index (χ0) is 13.7. The van der Waals surface area contributed by atoms with Crippen molar-refractivity contribution in [3.05, 3.63) is 23.3 Å². The second kappa shape index (κ2) is 6.78. The molecular formula is C15H23NO3. The molecule has 0 spiro atoms. The summed E-state index contributed by atoms with van der Waals surface area (Å²) in [6.45, 7) is 2.66. The maximum atomic E-state index is 5.55. The van der Waals surface area contributed by atoms with E-state index in [-0.39, 0.29) is 0 Å². The van der Waals surface area contributed by atoms with E-state index in [1.807, 2.05) is 12.1 Å². The Balaban J connectivity index is 2.45. The van der Waals surface area contributed by atoms with Crippen molar-refractivity contribution in [3.8, 4) is 11.5 Å². The van der Waals surface area contributed by atoms with Crippen molar-refractivity contribution in [1.82, 2.24) is 5.32 Å². The molecule has 1 saturated heterocycles. The monoisotopic (exact) mass is 265 g/mol. The van der Waals surface area contributed by atoms with Crippen LogP contribution in [0.25, 0.3) is 0 Å². The number of methoxy groups -OCH3 is 3. The first kappa shape index (κ1) is 14.2. The first-order chi connectivity index (χ1) is 9.31. The molecule has 1 N–H and O–H groups in total. The van der Waals surface area contributed by atoms with Crippen LogP contribution in [0, 0.1) is 0 Å². The van der Waals surface area contributed by atoms with E-state index in [0.717, 1.165) is 43.0 Å². The van der Waals surface area contributed by atoms with Crippen LogP contribution in [-0.4, -0.2) is 34.4 Å². The van der Waals surface area contributed by atoms with Crippen LogP contribution < -0.4 is 14.8 Å². The summed E-state index contributed by atoms with van der Waals surface area (Å²) >= 11 is 0. The second-order valence-electron chi connectivity index (χ2n) is 4.82. The number of hydrogen-bond donors (Lipinski definition) is 1. The molecule has 1 aliphatic rings. The van der Waals surface area contributed by atoms with E-state index < -0.39 is 0 Å². The van der Waals surface area contributed by atoms with Gasteiger partial charge in [-0.15, -0.1) is 0 Å². The lowest BCUT2D eigenvalue weighted by Crippen LogP contribution is -2.27. The molecule has 1 aromatic rings. The number of hydrogen-bond acceptors (Lipinski definition) is 4. The minimum Gasteiger partial charge on any atom is -0.496 e. The molecule has 0 radical (unpaired) electrons. The predicted molar refractivity (Wildman–Crippen MR) is 75.1 cm³/mol. The SMILES string of the molecule is COCc1c(OC)ccc(OC)c1C1CCNCC1. The van der Waals surface area contributed by atoms with Gasteiger partial charge >= 0.3 is 0 Å². The highest BCUT2D eigenvalue weighted by molar-refractivity contribution is 5.50. The topological polar surface area (TPSA) is 39.7 Å². The van der Waals surface area contributed by atoms with Gasteiger partial charge in [0, 0.05) is 18.2 Å². The number of benzene rings is 1. The van der Waals surface area contributed by atoms with Gasteiger partial charge in [0.15, 0.2) is 0 Å². The molecule has 1 aromatic carbocycles. The molecule has 1 fully saturated rings. The molecule has 4 nitrogen and oxygen atoms in total. The molecule has 2 rings (SSSR count). The summed E-state index contributed by atoms with van der Waals surface area (Å²) in [7, 11) is 5.14. The highest BCUT2D eigenvalue weighted by atomic mass is 16.5. The van der Waals surface area contributed by atoms with Gasteiger partial charge in [0.25, 0.3) is 0 Å². The maximum absolute atomic E-state index is 5.55. The van der Waals surface area contributed by atoms with Gasteiger partial charge in [0.1, 0.15) is 11.5 Å². The minimum absolute atomic E-state index is 0.511. The summed E-state index contributed by atoms with van der Waals surface area (Å²) < 4.78 is 16.4. The van der Waals surface area contributed by atoms with Crippen molar-refractivity contribution in [2.75, 3.05) is 34.4 Å². The number of nitrogens with one attached hydrogen (secondary N) is 1. The molecule has 0 atom stereocenters. The van der Waals surface area contributed by atoms with Crippen molar-refractivity contribution >= 4 is 0 Å². The number of rotatable bonds is 5. The normalized spacial score (nSPS) is 16.4. The number of ether oxygens (including phenoxy) is 3. The van der Waals surface area contributed by atoms with E-state index >= 15 is 0 Å². The van der Waals surface area contributed by atoms with Crippen LogP contribution in [0.5, 0.6) is 11.5 Å². The van der Waals surface area contributed by atoms with Crippen LogP contribution in [0.1, 0.15) is 29.9 Å². The molecule has 0 unspecified atom stereocenters. The first-order valence-electron chi connectivity index (χ1n) is 6.75. The lowest BCUT2D eigenvalue weighted by Gasteiger charge is -2.27. The summed E-state index contributed by atoms with van der Waals surface area (Å²) in [5, 5.41) is 3.40. The van der Waals surface area contributed by atoms with Gasteiger partial charge in [-0.05, 0) is 44.0 Å². The predicted octanol–water partition coefficient (Wildman–Crippen LogP) is 2.32. The van der Waals surface area contributed by atoms with E-state index in [4.69, 9.17) is 14.2 Å². The Morgan fingerprint density at radius 2 is 1.68 bits per heavy atom. The van der Waals surface area contributed by atoms with E-state index in [2.05, 4.69) is 5.32 Å². The molecule has 0 bridgehead atoms. The smallest absolute Gasteiger partial charge is 0.124 e. The second-order valence-corrected chi connectivity index (χ2v) is 4.82. The Hall–Kier alpha value is -1.26. The summed E-state index contributed by atoms with van der Waals surface area (Å²) in [6.07, 6.45) is 2.25. The Labute approximate surface area is 115 Å². The van der Waals surface area contributed by atoms with E-state index in [9.17, 15) is 0 Å². The molecule has 4 heteroatoms. The van der Waals surface area contributed by atoms with E-state index in [1.165, 1.54) is 5.56 Å². The quantitative estimate of drug-likeness (QED) is 0.887. The van der Waals surface area contributed by atoms with Crippen molar-refractivity contribution in [2.45, 2.75) is 25.4 Å². The zero-order valence-electron chi connectivity index (χ0n) is 12.0. The van der Waals surface area contributed by atoms with Crippen molar-refractivity contribution in [3.63, 3.8) is 0 Å². The van der Waals surface area contributed by atoms with Crippen LogP contribution in [0.15, 0.2) is 12.1 Å². The van der Waals surface area contributed by atoms with Gasteiger partial charge in [0.05, 0.1) is 20.8 Å². The molecular weight excluding hydrogens is 242 g/mol. The fourth-order valence-corrected chi connectivity index (χ4v) is 2.84. The van der Waals surface area contributed by atoms with Crippen LogP contribution in [0.2, 0.25) is 0 Å². The summed E-state index contributed by atoms with van der Waals surface area (Å²) in [5.74, 6) is 2.34. The van der Waals surface area contributed by atoms with Crippen LogP contribution in [0.4, 0.5) is 0 Å².